The molecule has 0 aromatic heterocycles. The second-order valence-electron chi connectivity index (χ2n) is 5.60. The number of thioether (sulfide) groups is 1. The van der Waals surface area contributed by atoms with Crippen molar-refractivity contribution in [2.45, 2.75) is 24.0 Å². The number of carbonyl (C=O) groups excluding carboxylic acids is 2. The average Bonchev–Trinajstić information content (AvgIpc) is 2.62. The highest BCUT2D eigenvalue weighted by Crippen LogP contribution is 2.31. The van der Waals surface area contributed by atoms with Crippen molar-refractivity contribution in [1.82, 2.24) is 0 Å². The van der Waals surface area contributed by atoms with Gasteiger partial charge in [-0.1, -0.05) is 0 Å². The zero-order valence-electron chi connectivity index (χ0n) is 15.0. The van der Waals surface area contributed by atoms with Gasteiger partial charge in [0.2, 0.25) is 11.8 Å². The number of amides is 2. The molecule has 0 bridgehead atoms. The number of anilines is 2. The van der Waals surface area contributed by atoms with E-state index >= 15 is 0 Å². The number of carbonyl (C=O) groups is 2. The molecule has 0 unspecified atom stereocenters. The smallest absolute Gasteiger partial charge is 0.271 e. The highest BCUT2D eigenvalue weighted by atomic mass is 32.2. The topological polar surface area (TPSA) is 111 Å². The van der Waals surface area contributed by atoms with Gasteiger partial charge >= 0.3 is 0 Å². The summed E-state index contributed by atoms with van der Waals surface area (Å²) >= 11 is 1.32. The van der Waals surface area contributed by atoms with Gasteiger partial charge in [0.25, 0.3) is 5.69 Å². The summed E-state index contributed by atoms with van der Waals surface area (Å²) < 4.78 is 5.15. The van der Waals surface area contributed by atoms with E-state index in [0.717, 1.165) is 4.90 Å². The summed E-state index contributed by atoms with van der Waals surface area (Å²) in [4.78, 5) is 34.7. The lowest BCUT2D eigenvalue weighted by Gasteiger charge is -2.14. The second-order valence-corrected chi connectivity index (χ2v) is 7.01. The maximum Gasteiger partial charge on any atom is 0.271 e. The van der Waals surface area contributed by atoms with Crippen molar-refractivity contribution in [3.05, 3.63) is 52.6 Å². The number of benzene rings is 2. The number of methoxy groups -OCH3 is 1. The molecule has 2 aromatic carbocycles. The fourth-order valence-corrected chi connectivity index (χ4v) is 3.09. The van der Waals surface area contributed by atoms with E-state index < -0.39 is 10.2 Å². The van der Waals surface area contributed by atoms with E-state index in [1.807, 2.05) is 0 Å². The Labute approximate surface area is 160 Å². The molecule has 0 saturated heterocycles. The van der Waals surface area contributed by atoms with Crippen LogP contribution in [0.15, 0.2) is 47.4 Å². The highest BCUT2D eigenvalue weighted by molar-refractivity contribution is 8.00. The SMILES string of the molecule is COc1ccc([N+](=O)[O-])cc1NC(=O)[C@@H](C)Sc1ccc(NC(C)=O)cc1. The Morgan fingerprint density at radius 3 is 2.37 bits per heavy atom. The summed E-state index contributed by atoms with van der Waals surface area (Å²) in [5.74, 6) is -0.135. The maximum absolute atomic E-state index is 12.5. The number of hydrogen-bond donors (Lipinski definition) is 2. The zero-order chi connectivity index (χ0) is 20.0. The van der Waals surface area contributed by atoms with E-state index in [1.165, 1.54) is 44.0 Å². The predicted molar refractivity (Wildman–Crippen MR) is 104 cm³/mol. The van der Waals surface area contributed by atoms with Crippen molar-refractivity contribution in [3.63, 3.8) is 0 Å². The van der Waals surface area contributed by atoms with Crippen molar-refractivity contribution in [3.8, 4) is 5.75 Å². The molecule has 0 fully saturated rings. The van der Waals surface area contributed by atoms with Gasteiger partial charge in [0.15, 0.2) is 0 Å². The number of nitro groups is 1. The molecule has 0 spiro atoms. The molecule has 0 aliphatic rings. The molecule has 142 valence electrons. The van der Waals surface area contributed by atoms with Crippen LogP contribution in [0.5, 0.6) is 5.75 Å². The molecule has 27 heavy (non-hydrogen) atoms. The van der Waals surface area contributed by atoms with Crippen LogP contribution >= 0.6 is 11.8 Å². The fraction of sp³-hybridized carbons (Fsp3) is 0.222. The first kappa shape index (κ1) is 20.2. The van der Waals surface area contributed by atoms with Gasteiger partial charge in [-0.3, -0.25) is 19.7 Å². The zero-order valence-corrected chi connectivity index (χ0v) is 15.8. The van der Waals surface area contributed by atoms with Crippen LogP contribution in [-0.4, -0.2) is 29.1 Å². The van der Waals surface area contributed by atoms with Crippen LogP contribution in [0.2, 0.25) is 0 Å². The molecule has 2 N–H and O–H groups in total. The standard InChI is InChI=1S/C18H19N3O5S/c1-11(27-15-7-4-13(5-8-15)19-12(2)22)18(23)20-16-10-14(21(24)25)6-9-17(16)26-3/h4-11H,1-3H3,(H,19,22)(H,20,23)/t11-/m1/s1. The van der Waals surface area contributed by atoms with Crippen LogP contribution in [0, 0.1) is 10.1 Å². The fourth-order valence-electron chi connectivity index (χ4n) is 2.22. The second kappa shape index (κ2) is 9.04. The molecule has 2 amide bonds. The Hall–Kier alpha value is -3.07. The minimum Gasteiger partial charge on any atom is -0.495 e. The van der Waals surface area contributed by atoms with E-state index in [1.54, 1.807) is 31.2 Å². The van der Waals surface area contributed by atoms with E-state index in [2.05, 4.69) is 10.6 Å². The number of rotatable bonds is 7. The monoisotopic (exact) mass is 389 g/mol. The molecule has 2 aromatic rings. The molecule has 8 nitrogen and oxygen atoms in total. The normalized spacial score (nSPS) is 11.4. The van der Waals surface area contributed by atoms with Gasteiger partial charge in [-0.15, -0.1) is 11.8 Å². The highest BCUT2D eigenvalue weighted by Gasteiger charge is 2.18. The van der Waals surface area contributed by atoms with Gasteiger partial charge in [0, 0.05) is 29.6 Å². The molecule has 0 heterocycles. The minimum atomic E-state index is -0.538. The van der Waals surface area contributed by atoms with E-state index in [4.69, 9.17) is 4.74 Å². The third-order valence-electron chi connectivity index (χ3n) is 3.51. The summed E-state index contributed by atoms with van der Waals surface area (Å²) in [6, 6.07) is 11.1. The predicted octanol–water partition coefficient (Wildman–Crippen LogP) is 3.68. The van der Waals surface area contributed by atoms with Gasteiger partial charge in [-0.25, -0.2) is 0 Å². The number of ether oxygens (including phenoxy) is 1. The summed E-state index contributed by atoms with van der Waals surface area (Å²) in [6.07, 6.45) is 0. The number of non-ortho nitro benzene ring substituents is 1. The number of nitrogens with one attached hydrogen (secondary N) is 2. The van der Waals surface area contributed by atoms with Gasteiger partial charge in [-0.05, 0) is 37.3 Å². The van der Waals surface area contributed by atoms with E-state index in [0.29, 0.717) is 11.4 Å². The first-order valence-corrected chi connectivity index (χ1v) is 8.85. The van der Waals surface area contributed by atoms with Crippen molar-refractivity contribution in [1.29, 1.82) is 0 Å². The van der Waals surface area contributed by atoms with Gasteiger partial charge in [0.1, 0.15) is 5.75 Å². The lowest BCUT2D eigenvalue weighted by molar-refractivity contribution is -0.384. The maximum atomic E-state index is 12.5. The van der Waals surface area contributed by atoms with E-state index in [9.17, 15) is 19.7 Å². The van der Waals surface area contributed by atoms with E-state index in [-0.39, 0.29) is 23.2 Å². The Morgan fingerprint density at radius 2 is 1.81 bits per heavy atom. The van der Waals surface area contributed by atoms with Crippen LogP contribution in [0.1, 0.15) is 13.8 Å². The molecule has 0 radical (unpaired) electrons. The summed E-state index contributed by atoms with van der Waals surface area (Å²) in [5.41, 5.74) is 0.774. The Morgan fingerprint density at radius 1 is 1.15 bits per heavy atom. The Kier molecular flexibility index (Phi) is 6.78. The molecular weight excluding hydrogens is 370 g/mol. The van der Waals surface area contributed by atoms with Crippen molar-refractivity contribution in [2.75, 3.05) is 17.7 Å². The first-order valence-electron chi connectivity index (χ1n) is 7.97. The molecule has 9 heteroatoms. The Bertz CT molecular complexity index is 855. The molecule has 0 saturated carbocycles. The average molecular weight is 389 g/mol. The van der Waals surface area contributed by atoms with Crippen LogP contribution in [0.3, 0.4) is 0 Å². The van der Waals surface area contributed by atoms with Gasteiger partial charge in [-0.2, -0.15) is 0 Å². The number of nitro benzene ring substituents is 1. The summed E-state index contributed by atoms with van der Waals surface area (Å²) in [6.45, 7) is 3.16. The van der Waals surface area contributed by atoms with Crippen molar-refractivity contribution in [2.24, 2.45) is 0 Å². The molecule has 0 aliphatic heterocycles. The van der Waals surface area contributed by atoms with Crippen LogP contribution < -0.4 is 15.4 Å². The lowest BCUT2D eigenvalue weighted by Crippen LogP contribution is -2.22. The minimum absolute atomic E-state index is 0.139. The van der Waals surface area contributed by atoms with Crippen LogP contribution in [0.25, 0.3) is 0 Å². The molecular formula is C18H19N3O5S. The van der Waals surface area contributed by atoms with Crippen LogP contribution in [-0.2, 0) is 9.59 Å². The number of hydrogen-bond acceptors (Lipinski definition) is 6. The quantitative estimate of drug-likeness (QED) is 0.425. The molecule has 1 atom stereocenters. The van der Waals surface area contributed by atoms with Crippen molar-refractivity contribution >= 4 is 40.6 Å². The number of nitrogens with zero attached hydrogens (tertiary/aromatic N) is 1. The first-order chi connectivity index (χ1) is 12.8. The third-order valence-corrected chi connectivity index (χ3v) is 4.62. The lowest BCUT2D eigenvalue weighted by atomic mass is 10.2. The van der Waals surface area contributed by atoms with Crippen molar-refractivity contribution < 1.29 is 19.2 Å². The molecule has 2 rings (SSSR count). The largest absolute Gasteiger partial charge is 0.495 e. The molecule has 0 aliphatic carbocycles. The third kappa shape index (κ3) is 5.71. The van der Waals surface area contributed by atoms with Gasteiger partial charge < -0.3 is 15.4 Å². The van der Waals surface area contributed by atoms with Gasteiger partial charge in [0.05, 0.1) is 23.0 Å². The Balaban J connectivity index is 2.06. The summed E-state index contributed by atoms with van der Waals surface area (Å²) in [7, 11) is 1.42. The summed E-state index contributed by atoms with van der Waals surface area (Å²) in [5, 5.41) is 15.8. The van der Waals surface area contributed by atoms with Crippen LogP contribution in [0.4, 0.5) is 17.1 Å².